The smallest absolute Gasteiger partial charge is 0.261 e. The predicted octanol–water partition coefficient (Wildman–Crippen LogP) is 4.32. The predicted molar refractivity (Wildman–Crippen MR) is 121 cm³/mol. The van der Waals surface area contributed by atoms with E-state index in [9.17, 15) is 9.59 Å². The molecule has 2 amide bonds. The van der Waals surface area contributed by atoms with Gasteiger partial charge in [-0.1, -0.05) is 55.8 Å². The van der Waals surface area contributed by atoms with Crippen LogP contribution in [0.4, 0.5) is 0 Å². The molecule has 0 aliphatic heterocycles. The normalized spacial score (nSPS) is 11.6. The molecule has 2 aromatic carbocycles. The van der Waals surface area contributed by atoms with Gasteiger partial charge in [-0.2, -0.15) is 0 Å². The van der Waals surface area contributed by atoms with Crippen molar-refractivity contribution in [2.45, 2.75) is 60.0 Å². The van der Waals surface area contributed by atoms with E-state index in [1.807, 2.05) is 77.1 Å². The molecule has 0 bridgehead atoms. The summed E-state index contributed by atoms with van der Waals surface area (Å²) in [4.78, 5) is 27.6. The fraction of sp³-hybridized carbons (Fsp3) is 0.440. The van der Waals surface area contributed by atoms with Crippen LogP contribution in [-0.4, -0.2) is 35.9 Å². The monoisotopic (exact) mass is 410 g/mol. The maximum atomic E-state index is 13.2. The number of hydrogen-bond donors (Lipinski definition) is 1. The molecule has 0 heterocycles. The molecule has 162 valence electrons. The molecule has 1 atom stereocenters. The molecule has 0 spiro atoms. The molecule has 0 aromatic heterocycles. The molecule has 2 aromatic rings. The van der Waals surface area contributed by atoms with Gasteiger partial charge in [0.1, 0.15) is 11.8 Å². The minimum Gasteiger partial charge on any atom is -0.483 e. The highest BCUT2D eigenvalue weighted by molar-refractivity contribution is 5.88. The highest BCUT2D eigenvalue weighted by Crippen LogP contribution is 2.20. The van der Waals surface area contributed by atoms with Crippen LogP contribution in [0.5, 0.6) is 5.75 Å². The van der Waals surface area contributed by atoms with E-state index in [4.69, 9.17) is 4.74 Å². The summed E-state index contributed by atoms with van der Waals surface area (Å²) in [5.74, 6) is 0.378. The van der Waals surface area contributed by atoms with Crippen molar-refractivity contribution in [2.24, 2.45) is 0 Å². The lowest BCUT2D eigenvalue weighted by Gasteiger charge is -2.30. The van der Waals surface area contributed by atoms with Crippen molar-refractivity contribution < 1.29 is 14.3 Å². The average Bonchev–Trinajstić information content (AvgIpc) is 2.73. The van der Waals surface area contributed by atoms with Gasteiger partial charge in [-0.15, -0.1) is 0 Å². The fourth-order valence-corrected chi connectivity index (χ4v) is 3.26. The molecule has 2 rings (SSSR count). The van der Waals surface area contributed by atoms with Gasteiger partial charge in [-0.3, -0.25) is 9.59 Å². The Bertz CT molecular complexity index is 846. The van der Waals surface area contributed by atoms with Crippen LogP contribution in [0.2, 0.25) is 0 Å². The molecular formula is C25H34N2O3. The fourth-order valence-electron chi connectivity index (χ4n) is 3.26. The average molecular weight is 411 g/mol. The second-order valence-corrected chi connectivity index (χ2v) is 7.78. The van der Waals surface area contributed by atoms with E-state index < -0.39 is 6.04 Å². The second kappa shape index (κ2) is 11.4. The first-order valence-corrected chi connectivity index (χ1v) is 10.7. The van der Waals surface area contributed by atoms with Crippen LogP contribution >= 0.6 is 0 Å². The Morgan fingerprint density at radius 3 is 2.30 bits per heavy atom. The molecule has 5 heteroatoms. The number of carbonyl (C=O) groups excluding carboxylic acids is 2. The number of nitrogens with one attached hydrogen (secondary N) is 1. The van der Waals surface area contributed by atoms with Crippen molar-refractivity contribution in [2.75, 3.05) is 13.2 Å². The molecule has 30 heavy (non-hydrogen) atoms. The van der Waals surface area contributed by atoms with E-state index in [0.29, 0.717) is 25.3 Å². The van der Waals surface area contributed by atoms with Crippen LogP contribution < -0.4 is 10.1 Å². The zero-order valence-corrected chi connectivity index (χ0v) is 18.8. The van der Waals surface area contributed by atoms with Gasteiger partial charge in [-0.25, -0.2) is 0 Å². The number of hydrogen-bond acceptors (Lipinski definition) is 3. The lowest BCUT2D eigenvalue weighted by molar-refractivity contribution is -0.143. The van der Waals surface area contributed by atoms with Crippen molar-refractivity contribution in [3.8, 4) is 5.75 Å². The van der Waals surface area contributed by atoms with Gasteiger partial charge in [0.2, 0.25) is 5.91 Å². The van der Waals surface area contributed by atoms with Crippen molar-refractivity contribution in [1.29, 1.82) is 0 Å². The molecule has 1 N–H and O–H groups in total. The highest BCUT2D eigenvalue weighted by Gasteiger charge is 2.28. The first-order chi connectivity index (χ1) is 14.3. The minimum atomic E-state index is -0.535. The minimum absolute atomic E-state index is 0.103. The number of benzene rings is 2. The summed E-state index contributed by atoms with van der Waals surface area (Å²) in [5, 5.41) is 2.93. The van der Waals surface area contributed by atoms with Crippen LogP contribution in [0, 0.1) is 20.8 Å². The molecule has 0 aliphatic carbocycles. The third kappa shape index (κ3) is 6.61. The van der Waals surface area contributed by atoms with Crippen LogP contribution in [-0.2, 0) is 16.1 Å². The third-order valence-electron chi connectivity index (χ3n) is 5.10. The first kappa shape index (κ1) is 23.5. The van der Waals surface area contributed by atoms with Crippen molar-refractivity contribution in [1.82, 2.24) is 10.2 Å². The maximum absolute atomic E-state index is 13.2. The summed E-state index contributed by atoms with van der Waals surface area (Å²) in [6.45, 7) is 10.8. The Morgan fingerprint density at radius 2 is 1.67 bits per heavy atom. The topological polar surface area (TPSA) is 58.6 Å². The van der Waals surface area contributed by atoms with Crippen molar-refractivity contribution in [3.63, 3.8) is 0 Å². The van der Waals surface area contributed by atoms with Gasteiger partial charge in [0.25, 0.3) is 5.91 Å². The second-order valence-electron chi connectivity index (χ2n) is 7.78. The number of nitrogens with zero attached hydrogens (tertiary/aromatic N) is 1. The lowest BCUT2D eigenvalue weighted by Crippen LogP contribution is -2.50. The highest BCUT2D eigenvalue weighted by atomic mass is 16.5. The van der Waals surface area contributed by atoms with Gasteiger partial charge in [0.15, 0.2) is 6.61 Å². The van der Waals surface area contributed by atoms with E-state index in [2.05, 4.69) is 5.32 Å². The summed E-state index contributed by atoms with van der Waals surface area (Å²) < 4.78 is 5.85. The molecule has 0 saturated carbocycles. The van der Waals surface area contributed by atoms with Gasteiger partial charge in [0.05, 0.1) is 0 Å². The molecular weight excluding hydrogens is 376 g/mol. The summed E-state index contributed by atoms with van der Waals surface area (Å²) in [6.07, 6.45) is 1.39. The van der Waals surface area contributed by atoms with Crippen LogP contribution in [0.15, 0.2) is 42.5 Å². The van der Waals surface area contributed by atoms with Crippen LogP contribution in [0.25, 0.3) is 0 Å². The van der Waals surface area contributed by atoms with E-state index in [-0.39, 0.29) is 18.4 Å². The van der Waals surface area contributed by atoms with Gasteiger partial charge in [0, 0.05) is 13.1 Å². The van der Waals surface area contributed by atoms with E-state index >= 15 is 0 Å². The number of aryl methyl sites for hydroxylation is 3. The molecule has 0 saturated heterocycles. The Labute approximate surface area is 180 Å². The van der Waals surface area contributed by atoms with Crippen molar-refractivity contribution in [3.05, 3.63) is 64.7 Å². The quantitative estimate of drug-likeness (QED) is 0.634. The number of rotatable bonds is 10. The van der Waals surface area contributed by atoms with Crippen LogP contribution in [0.3, 0.4) is 0 Å². The molecule has 5 nitrogen and oxygen atoms in total. The molecule has 0 fully saturated rings. The van der Waals surface area contributed by atoms with Gasteiger partial charge < -0.3 is 15.0 Å². The SMILES string of the molecule is CCCNC(=O)C(CC)N(Cc1ccc(C)cc1)C(=O)COc1cc(C)ccc1C. The van der Waals surface area contributed by atoms with Crippen molar-refractivity contribution >= 4 is 11.8 Å². The summed E-state index contributed by atoms with van der Waals surface area (Å²) >= 11 is 0. The zero-order valence-electron chi connectivity index (χ0n) is 18.8. The standard InChI is InChI=1S/C25H34N2O3/c1-6-14-26-25(29)22(7-2)27(16-21-12-9-18(3)10-13-21)24(28)17-30-23-15-19(4)8-11-20(23)5/h8-13,15,22H,6-7,14,16-17H2,1-5H3,(H,26,29). The Balaban J connectivity index is 2.21. The summed E-state index contributed by atoms with van der Waals surface area (Å²) in [5.41, 5.74) is 4.20. The lowest BCUT2D eigenvalue weighted by atomic mass is 10.1. The van der Waals surface area contributed by atoms with E-state index in [1.165, 1.54) is 0 Å². The zero-order chi connectivity index (χ0) is 22.1. The largest absolute Gasteiger partial charge is 0.483 e. The van der Waals surface area contributed by atoms with E-state index in [0.717, 1.165) is 28.7 Å². The maximum Gasteiger partial charge on any atom is 0.261 e. The third-order valence-corrected chi connectivity index (χ3v) is 5.10. The Morgan fingerprint density at radius 1 is 1.00 bits per heavy atom. The van der Waals surface area contributed by atoms with E-state index in [1.54, 1.807) is 4.90 Å². The number of amides is 2. The number of ether oxygens (including phenoxy) is 1. The molecule has 0 aliphatic rings. The Kier molecular flexibility index (Phi) is 8.90. The van der Waals surface area contributed by atoms with Crippen LogP contribution in [0.1, 0.15) is 48.9 Å². The molecule has 0 radical (unpaired) electrons. The first-order valence-electron chi connectivity index (χ1n) is 10.7. The number of carbonyl (C=O) groups is 2. The summed E-state index contributed by atoms with van der Waals surface area (Å²) in [7, 11) is 0. The van der Waals surface area contributed by atoms with Gasteiger partial charge >= 0.3 is 0 Å². The summed E-state index contributed by atoms with van der Waals surface area (Å²) in [6, 6.07) is 13.4. The van der Waals surface area contributed by atoms with Gasteiger partial charge in [-0.05, 0) is 56.4 Å². The Hall–Kier alpha value is -2.82. The molecule has 1 unspecified atom stereocenters.